The molecule has 0 atom stereocenters. The average Bonchev–Trinajstić information content (AvgIpc) is 3.65. The van der Waals surface area contributed by atoms with E-state index in [4.69, 9.17) is 0 Å². The van der Waals surface area contributed by atoms with Crippen LogP contribution in [0.3, 0.4) is 0 Å². The SMILES string of the molecule is CNc1c(C)cc(C2(c3cc(C)c(NC(=O)c4ccc(C(=O)Nc5c(C)cc(-c6cc(C)c(NC(=O)c7ccc(C(C)=O)cc7)c(C)c6)cc5C)cc4)c(C)c3)c3ccccc3-c3ccccc32)cc1C. The molecule has 0 fully saturated rings. The van der Waals surface area contributed by atoms with Crippen molar-refractivity contribution in [3.63, 3.8) is 0 Å². The van der Waals surface area contributed by atoms with Gasteiger partial charge in [0.05, 0.1) is 5.41 Å². The van der Waals surface area contributed by atoms with Crippen LogP contribution >= 0.6 is 0 Å². The Labute approximate surface area is 416 Å². The number of hydrogen-bond donors (Lipinski definition) is 4. The third kappa shape index (κ3) is 8.60. The minimum atomic E-state index is -0.594. The lowest BCUT2D eigenvalue weighted by Gasteiger charge is -2.35. The molecule has 9 rings (SSSR count). The Hall–Kier alpha value is -8.36. The molecule has 0 saturated heterocycles. The zero-order valence-electron chi connectivity index (χ0n) is 42.0. The third-order valence-electron chi connectivity index (χ3n) is 14.2. The highest BCUT2D eigenvalue weighted by atomic mass is 16.2. The Balaban J connectivity index is 0.922. The molecule has 0 spiro atoms. The molecule has 0 saturated carbocycles. The molecule has 71 heavy (non-hydrogen) atoms. The van der Waals surface area contributed by atoms with Gasteiger partial charge in [0, 0.05) is 52.1 Å². The van der Waals surface area contributed by atoms with Crippen LogP contribution in [-0.2, 0) is 5.41 Å². The topological polar surface area (TPSA) is 116 Å². The van der Waals surface area contributed by atoms with Crippen LogP contribution in [0.1, 0.15) is 115 Å². The van der Waals surface area contributed by atoms with Gasteiger partial charge in [-0.25, -0.2) is 0 Å². The highest BCUT2D eigenvalue weighted by molar-refractivity contribution is 6.09. The van der Waals surface area contributed by atoms with E-state index in [-0.39, 0.29) is 23.5 Å². The third-order valence-corrected chi connectivity index (χ3v) is 14.2. The Morgan fingerprint density at radius 3 is 0.958 bits per heavy atom. The molecular weight excluding hydrogens is 877 g/mol. The zero-order chi connectivity index (χ0) is 50.5. The van der Waals surface area contributed by atoms with E-state index in [1.54, 1.807) is 48.5 Å². The van der Waals surface area contributed by atoms with Gasteiger partial charge in [0.1, 0.15) is 0 Å². The standard InChI is InChI=1S/C63H58N4O4/c1-35-27-48(28-36(2)57(35)65-60(69)45-21-19-44(20-22-45)43(9)68)49-29-37(3)58(38(4)30-49)66-61(70)46-23-25-47(26-24-46)62(71)67-59-41(7)33-51(34-42(59)8)63(50-31-39(5)56(64-10)40(6)32-50)54-17-13-11-15-52(54)53-16-12-14-18-55(53)63/h11-34,64H,1-10H3,(H,65,69)(H,66,70)(H,67,71). The smallest absolute Gasteiger partial charge is 0.255 e. The number of aryl methyl sites for hydroxylation is 8. The molecule has 0 aromatic heterocycles. The summed E-state index contributed by atoms with van der Waals surface area (Å²) in [6, 6.07) is 48.0. The van der Waals surface area contributed by atoms with Crippen molar-refractivity contribution in [3.8, 4) is 22.3 Å². The van der Waals surface area contributed by atoms with Gasteiger partial charge in [0.15, 0.2) is 5.78 Å². The van der Waals surface area contributed by atoms with Crippen molar-refractivity contribution in [1.29, 1.82) is 0 Å². The first-order valence-corrected chi connectivity index (χ1v) is 24.0. The second-order valence-electron chi connectivity index (χ2n) is 19.1. The fourth-order valence-electron chi connectivity index (χ4n) is 10.8. The number of rotatable bonds is 11. The summed E-state index contributed by atoms with van der Waals surface area (Å²) >= 11 is 0. The van der Waals surface area contributed by atoms with Crippen molar-refractivity contribution < 1.29 is 19.2 Å². The van der Waals surface area contributed by atoms with Crippen molar-refractivity contribution >= 4 is 46.3 Å². The van der Waals surface area contributed by atoms with Gasteiger partial charge in [-0.1, -0.05) is 84.9 Å². The predicted octanol–water partition coefficient (Wildman–Crippen LogP) is 14.2. The monoisotopic (exact) mass is 934 g/mol. The molecule has 8 heteroatoms. The first-order valence-electron chi connectivity index (χ1n) is 24.0. The number of nitrogens with one attached hydrogen (secondary N) is 4. The van der Waals surface area contributed by atoms with E-state index in [0.717, 1.165) is 72.8 Å². The normalized spacial score (nSPS) is 12.1. The number of hydrogen-bond acceptors (Lipinski definition) is 5. The molecule has 8 aromatic rings. The molecular formula is C63H58N4O4. The number of carbonyl (C=O) groups excluding carboxylic acids is 4. The first kappa shape index (κ1) is 47.7. The minimum absolute atomic E-state index is 0.0534. The van der Waals surface area contributed by atoms with Gasteiger partial charge in [0.2, 0.25) is 0 Å². The molecule has 354 valence electrons. The predicted molar refractivity (Wildman–Crippen MR) is 290 cm³/mol. The minimum Gasteiger partial charge on any atom is -0.388 e. The van der Waals surface area contributed by atoms with Crippen LogP contribution in [0, 0.1) is 55.4 Å². The van der Waals surface area contributed by atoms with Crippen LogP contribution in [0.25, 0.3) is 22.3 Å². The lowest BCUT2D eigenvalue weighted by Crippen LogP contribution is -2.29. The molecule has 8 aromatic carbocycles. The maximum atomic E-state index is 14.0. The van der Waals surface area contributed by atoms with Crippen LogP contribution in [0.4, 0.5) is 22.7 Å². The maximum absolute atomic E-state index is 14.0. The van der Waals surface area contributed by atoms with Gasteiger partial charge in [-0.15, -0.1) is 0 Å². The van der Waals surface area contributed by atoms with Crippen molar-refractivity contribution in [2.24, 2.45) is 0 Å². The molecule has 0 heterocycles. The highest BCUT2D eigenvalue weighted by Crippen LogP contribution is 2.57. The maximum Gasteiger partial charge on any atom is 0.255 e. The summed E-state index contributed by atoms with van der Waals surface area (Å²) in [5, 5.41) is 12.8. The van der Waals surface area contributed by atoms with Crippen LogP contribution < -0.4 is 21.3 Å². The van der Waals surface area contributed by atoms with Gasteiger partial charge in [-0.3, -0.25) is 19.2 Å². The van der Waals surface area contributed by atoms with E-state index in [9.17, 15) is 19.2 Å². The molecule has 1 aliphatic carbocycles. The van der Waals surface area contributed by atoms with Gasteiger partial charge < -0.3 is 21.3 Å². The molecule has 8 nitrogen and oxygen atoms in total. The fourth-order valence-corrected chi connectivity index (χ4v) is 10.8. The summed E-state index contributed by atoms with van der Waals surface area (Å²) in [6.07, 6.45) is 0. The summed E-state index contributed by atoms with van der Waals surface area (Å²) in [7, 11) is 1.97. The van der Waals surface area contributed by atoms with Crippen LogP contribution in [0.5, 0.6) is 0 Å². The summed E-state index contributed by atoms with van der Waals surface area (Å²) < 4.78 is 0. The Morgan fingerprint density at radius 1 is 0.366 bits per heavy atom. The van der Waals surface area contributed by atoms with E-state index >= 15 is 0 Å². The lowest BCUT2D eigenvalue weighted by molar-refractivity contribution is 0.100. The van der Waals surface area contributed by atoms with E-state index in [2.05, 4.69) is 122 Å². The van der Waals surface area contributed by atoms with Gasteiger partial charge >= 0.3 is 0 Å². The zero-order valence-corrected chi connectivity index (χ0v) is 42.0. The fraction of sp³-hybridized carbons (Fsp3) is 0.175. The summed E-state index contributed by atoms with van der Waals surface area (Å²) in [4.78, 5) is 52.5. The van der Waals surface area contributed by atoms with Crippen molar-refractivity contribution in [2.45, 2.75) is 67.7 Å². The van der Waals surface area contributed by atoms with E-state index in [1.165, 1.54) is 45.9 Å². The van der Waals surface area contributed by atoms with E-state index in [0.29, 0.717) is 22.3 Å². The molecule has 3 amide bonds. The van der Waals surface area contributed by atoms with Gasteiger partial charge in [-0.2, -0.15) is 0 Å². The number of anilines is 4. The lowest BCUT2D eigenvalue weighted by atomic mass is 9.66. The summed E-state index contributed by atoms with van der Waals surface area (Å²) in [5.41, 5.74) is 21.7. The summed E-state index contributed by atoms with van der Waals surface area (Å²) in [6.45, 7) is 17.8. The second kappa shape index (κ2) is 18.9. The van der Waals surface area contributed by atoms with Crippen molar-refractivity contribution in [2.75, 3.05) is 28.3 Å². The van der Waals surface area contributed by atoms with Gasteiger partial charge in [0.25, 0.3) is 17.7 Å². The number of benzene rings is 8. The highest BCUT2D eigenvalue weighted by Gasteiger charge is 2.46. The van der Waals surface area contributed by atoms with E-state index in [1.807, 2.05) is 59.0 Å². The Bertz CT molecular complexity index is 3360. The van der Waals surface area contributed by atoms with Crippen LogP contribution in [0.2, 0.25) is 0 Å². The van der Waals surface area contributed by atoms with E-state index < -0.39 is 5.41 Å². The molecule has 0 unspecified atom stereocenters. The molecule has 0 bridgehead atoms. The molecule has 0 aliphatic heterocycles. The largest absolute Gasteiger partial charge is 0.388 e. The number of amides is 3. The van der Waals surface area contributed by atoms with Crippen LogP contribution in [0.15, 0.2) is 146 Å². The number of carbonyl (C=O) groups is 4. The molecule has 4 N–H and O–H groups in total. The number of fused-ring (bicyclic) bond motifs is 3. The van der Waals surface area contributed by atoms with Gasteiger partial charge in [-0.05, 0) is 212 Å². The summed E-state index contributed by atoms with van der Waals surface area (Å²) in [5.74, 6) is -0.849. The molecule has 0 radical (unpaired) electrons. The second-order valence-corrected chi connectivity index (χ2v) is 19.1. The van der Waals surface area contributed by atoms with Crippen molar-refractivity contribution in [3.05, 3.63) is 235 Å². The number of Topliss-reactive ketones (excluding diaryl/α,β-unsaturated/α-hetero) is 1. The number of ketones is 1. The van der Waals surface area contributed by atoms with Crippen molar-refractivity contribution in [1.82, 2.24) is 0 Å². The average molecular weight is 935 g/mol. The van der Waals surface area contributed by atoms with Crippen LogP contribution in [-0.4, -0.2) is 30.6 Å². The molecule has 1 aliphatic rings. The Kier molecular flexibility index (Phi) is 12.7. The Morgan fingerprint density at radius 2 is 0.648 bits per heavy atom. The first-order chi connectivity index (χ1) is 34.0. The quantitative estimate of drug-likeness (QED) is 0.0964.